The average Bonchev–Trinajstić information content (AvgIpc) is 3.13. The lowest BCUT2D eigenvalue weighted by atomic mass is 9.93. The molecule has 2 aromatic rings. The van der Waals surface area contributed by atoms with E-state index in [1.807, 2.05) is 6.92 Å². The maximum atomic E-state index is 6.27. The summed E-state index contributed by atoms with van der Waals surface area (Å²) in [6.45, 7) is 8.55. The van der Waals surface area contributed by atoms with Gasteiger partial charge in [0.15, 0.2) is 0 Å². The van der Waals surface area contributed by atoms with E-state index in [2.05, 4.69) is 31.1 Å². The molecule has 0 saturated heterocycles. The van der Waals surface area contributed by atoms with Crippen LogP contribution in [0.15, 0.2) is 5.38 Å². The molecule has 3 rings (SSSR count). The molecule has 1 saturated carbocycles. The Labute approximate surface area is 134 Å². The largest absolute Gasteiger partial charge is 0.245 e. The smallest absolute Gasteiger partial charge is 0.135 e. The molecule has 0 aliphatic heterocycles. The molecule has 5 heteroatoms. The van der Waals surface area contributed by atoms with Gasteiger partial charge in [0, 0.05) is 28.7 Å². The fourth-order valence-electron chi connectivity index (χ4n) is 2.13. The van der Waals surface area contributed by atoms with Crippen molar-refractivity contribution < 1.29 is 0 Å². The highest BCUT2D eigenvalue weighted by molar-refractivity contribution is 7.09. The van der Waals surface area contributed by atoms with E-state index >= 15 is 0 Å². The molecule has 0 atom stereocenters. The molecule has 0 spiro atoms. The van der Waals surface area contributed by atoms with Crippen molar-refractivity contribution in [3.63, 3.8) is 0 Å². The van der Waals surface area contributed by atoms with Crippen molar-refractivity contribution >= 4 is 22.9 Å². The van der Waals surface area contributed by atoms with Gasteiger partial charge in [-0.05, 0) is 19.8 Å². The molecule has 0 radical (unpaired) electrons. The molecular formula is C16H20ClN3S. The minimum absolute atomic E-state index is 0.0896. The lowest BCUT2D eigenvalue weighted by Gasteiger charge is -2.14. The van der Waals surface area contributed by atoms with E-state index in [1.54, 1.807) is 11.3 Å². The van der Waals surface area contributed by atoms with Crippen LogP contribution in [0.2, 0.25) is 5.15 Å². The van der Waals surface area contributed by atoms with Gasteiger partial charge in [0.05, 0.1) is 16.4 Å². The Morgan fingerprint density at radius 1 is 1.24 bits per heavy atom. The third-order valence-electron chi connectivity index (χ3n) is 3.79. The van der Waals surface area contributed by atoms with Crippen LogP contribution >= 0.6 is 22.9 Å². The first-order valence-electron chi connectivity index (χ1n) is 7.32. The molecule has 2 aromatic heterocycles. The van der Waals surface area contributed by atoms with Crippen molar-refractivity contribution in [3.8, 4) is 0 Å². The molecule has 3 nitrogen and oxygen atoms in total. The van der Waals surface area contributed by atoms with Crippen LogP contribution in [0.4, 0.5) is 0 Å². The summed E-state index contributed by atoms with van der Waals surface area (Å²) < 4.78 is 0. The molecule has 1 aliphatic carbocycles. The standard InChI is InChI=1S/C16H20ClN3S/c1-9-11(18-15(10-5-6-10)20-14(9)17)7-13-19-12(8-21-13)16(2,3)4/h8,10H,5-7H2,1-4H3. The molecular weight excluding hydrogens is 302 g/mol. The summed E-state index contributed by atoms with van der Waals surface area (Å²) in [7, 11) is 0. The maximum Gasteiger partial charge on any atom is 0.135 e. The van der Waals surface area contributed by atoms with Gasteiger partial charge in [-0.15, -0.1) is 11.3 Å². The Balaban J connectivity index is 1.89. The van der Waals surface area contributed by atoms with E-state index in [0.29, 0.717) is 11.1 Å². The fraction of sp³-hybridized carbons (Fsp3) is 0.562. The molecule has 1 fully saturated rings. The Hall–Kier alpha value is -1.000. The SMILES string of the molecule is Cc1c(Cl)nc(C2CC2)nc1Cc1nc(C(C)(C)C)cs1. The number of hydrogen-bond donors (Lipinski definition) is 0. The summed E-state index contributed by atoms with van der Waals surface area (Å²) in [5.74, 6) is 1.43. The van der Waals surface area contributed by atoms with E-state index in [9.17, 15) is 0 Å². The van der Waals surface area contributed by atoms with Crippen molar-refractivity contribution in [3.05, 3.63) is 38.3 Å². The molecule has 21 heavy (non-hydrogen) atoms. The summed E-state index contributed by atoms with van der Waals surface area (Å²) in [5.41, 5.74) is 3.23. The number of halogens is 1. The molecule has 1 aliphatic rings. The van der Waals surface area contributed by atoms with Crippen LogP contribution in [0, 0.1) is 6.92 Å². The summed E-state index contributed by atoms with van der Waals surface area (Å²) in [5, 5.41) is 3.84. The predicted molar refractivity (Wildman–Crippen MR) is 87.4 cm³/mol. The van der Waals surface area contributed by atoms with Crippen molar-refractivity contribution in [2.45, 2.75) is 58.3 Å². The Morgan fingerprint density at radius 3 is 2.52 bits per heavy atom. The number of hydrogen-bond acceptors (Lipinski definition) is 4. The summed E-state index contributed by atoms with van der Waals surface area (Å²) >= 11 is 7.97. The Morgan fingerprint density at radius 2 is 1.95 bits per heavy atom. The maximum absolute atomic E-state index is 6.27. The Bertz CT molecular complexity index is 669. The molecule has 2 heterocycles. The third-order valence-corrected chi connectivity index (χ3v) is 5.00. The van der Waals surface area contributed by atoms with Crippen molar-refractivity contribution in [1.82, 2.24) is 15.0 Å². The van der Waals surface area contributed by atoms with Gasteiger partial charge in [0.1, 0.15) is 11.0 Å². The normalized spacial score (nSPS) is 15.5. The van der Waals surface area contributed by atoms with Gasteiger partial charge in [-0.3, -0.25) is 0 Å². The zero-order valence-electron chi connectivity index (χ0n) is 12.9. The van der Waals surface area contributed by atoms with Gasteiger partial charge in [-0.1, -0.05) is 32.4 Å². The van der Waals surface area contributed by atoms with Crippen LogP contribution in [0.3, 0.4) is 0 Å². The third kappa shape index (κ3) is 3.27. The molecule has 0 N–H and O–H groups in total. The lowest BCUT2D eigenvalue weighted by molar-refractivity contribution is 0.571. The van der Waals surface area contributed by atoms with Crippen LogP contribution in [0.25, 0.3) is 0 Å². The van der Waals surface area contributed by atoms with E-state index in [4.69, 9.17) is 21.6 Å². The van der Waals surface area contributed by atoms with Gasteiger partial charge in [-0.2, -0.15) is 0 Å². The van der Waals surface area contributed by atoms with Crippen molar-refractivity contribution in [2.24, 2.45) is 0 Å². The molecule has 0 amide bonds. The molecule has 0 unspecified atom stereocenters. The zero-order valence-corrected chi connectivity index (χ0v) is 14.5. The van der Waals surface area contributed by atoms with E-state index < -0.39 is 0 Å². The minimum Gasteiger partial charge on any atom is -0.245 e. The Kier molecular flexibility index (Phi) is 3.78. The minimum atomic E-state index is 0.0896. The monoisotopic (exact) mass is 321 g/mol. The van der Waals surface area contributed by atoms with Crippen LogP contribution in [-0.4, -0.2) is 15.0 Å². The van der Waals surface area contributed by atoms with Crippen LogP contribution in [0.1, 0.15) is 67.3 Å². The highest BCUT2D eigenvalue weighted by atomic mass is 35.5. The molecule has 0 bridgehead atoms. The van der Waals surface area contributed by atoms with Gasteiger partial charge < -0.3 is 0 Å². The van der Waals surface area contributed by atoms with Gasteiger partial charge >= 0.3 is 0 Å². The van der Waals surface area contributed by atoms with Crippen molar-refractivity contribution in [1.29, 1.82) is 0 Å². The van der Waals surface area contributed by atoms with Gasteiger partial charge in [0.25, 0.3) is 0 Å². The first kappa shape index (κ1) is 14.9. The molecule has 112 valence electrons. The summed E-state index contributed by atoms with van der Waals surface area (Å²) in [6.07, 6.45) is 3.11. The highest BCUT2D eigenvalue weighted by Crippen LogP contribution is 2.39. The lowest BCUT2D eigenvalue weighted by Crippen LogP contribution is -2.11. The first-order chi connectivity index (χ1) is 9.84. The van der Waals surface area contributed by atoms with E-state index in [1.165, 1.54) is 12.8 Å². The number of aromatic nitrogens is 3. The summed E-state index contributed by atoms with van der Waals surface area (Å²) in [4.78, 5) is 13.9. The van der Waals surface area contributed by atoms with Gasteiger partial charge in [-0.25, -0.2) is 15.0 Å². The van der Waals surface area contributed by atoms with E-state index in [0.717, 1.165) is 34.2 Å². The predicted octanol–water partition coefficient (Wildman–Crippen LogP) is 4.66. The second-order valence-corrected chi connectivity index (χ2v) is 8.07. The quantitative estimate of drug-likeness (QED) is 0.772. The number of nitrogens with zero attached hydrogens (tertiary/aromatic N) is 3. The first-order valence-corrected chi connectivity index (χ1v) is 8.58. The van der Waals surface area contributed by atoms with E-state index in [-0.39, 0.29) is 5.41 Å². The second kappa shape index (κ2) is 5.33. The van der Waals surface area contributed by atoms with Crippen molar-refractivity contribution in [2.75, 3.05) is 0 Å². The average molecular weight is 322 g/mol. The van der Waals surface area contributed by atoms with Gasteiger partial charge in [0.2, 0.25) is 0 Å². The molecule has 0 aromatic carbocycles. The van der Waals surface area contributed by atoms with Crippen LogP contribution < -0.4 is 0 Å². The zero-order chi connectivity index (χ0) is 15.2. The second-order valence-electron chi connectivity index (χ2n) is 6.77. The fourth-order valence-corrected chi connectivity index (χ4v) is 3.35. The number of thiazole rings is 1. The summed E-state index contributed by atoms with van der Waals surface area (Å²) in [6, 6.07) is 0. The van der Waals surface area contributed by atoms with Crippen LogP contribution in [0.5, 0.6) is 0 Å². The topological polar surface area (TPSA) is 38.7 Å². The van der Waals surface area contributed by atoms with Crippen LogP contribution in [-0.2, 0) is 11.8 Å². The number of rotatable bonds is 3. The highest BCUT2D eigenvalue weighted by Gasteiger charge is 2.28.